The number of esters is 1. The lowest BCUT2D eigenvalue weighted by atomic mass is 10.0. The van der Waals surface area contributed by atoms with Crippen molar-refractivity contribution in [2.75, 3.05) is 47.5 Å². The van der Waals surface area contributed by atoms with Crippen molar-refractivity contribution in [2.24, 2.45) is 0 Å². The van der Waals surface area contributed by atoms with E-state index in [1.54, 1.807) is 6.26 Å². The molecule has 1 heterocycles. The molecular formula is C42H81NO8P+. The summed E-state index contributed by atoms with van der Waals surface area (Å²) in [5.74, 6) is -0.294. The van der Waals surface area contributed by atoms with E-state index in [1.165, 1.54) is 96.3 Å². The number of quaternary nitrogens is 1. The molecule has 1 aliphatic rings. The highest BCUT2D eigenvalue weighted by Crippen LogP contribution is 2.43. The van der Waals surface area contributed by atoms with E-state index < -0.39 is 13.9 Å². The molecular weight excluding hydrogens is 677 g/mol. The van der Waals surface area contributed by atoms with Gasteiger partial charge < -0.3 is 23.6 Å². The molecule has 1 aliphatic heterocycles. The number of allylic oxidation sites excluding steroid dienone is 2. The number of hydrogen-bond acceptors (Lipinski definition) is 7. The number of phosphoric acid groups is 1. The summed E-state index contributed by atoms with van der Waals surface area (Å²) >= 11 is 0. The third-order valence-electron chi connectivity index (χ3n) is 9.53. The van der Waals surface area contributed by atoms with Crippen LogP contribution in [0.1, 0.15) is 174 Å². The Kier molecular flexibility index (Phi) is 30.1. The minimum absolute atomic E-state index is 0.0584. The van der Waals surface area contributed by atoms with Crippen LogP contribution in [0.3, 0.4) is 0 Å². The Hall–Kier alpha value is -1.22. The Morgan fingerprint density at radius 1 is 0.712 bits per heavy atom. The molecule has 4 atom stereocenters. The Morgan fingerprint density at radius 2 is 1.27 bits per heavy atom. The van der Waals surface area contributed by atoms with Crippen LogP contribution in [0.15, 0.2) is 24.5 Å². The molecule has 0 amide bonds. The quantitative estimate of drug-likeness (QED) is 0.0126. The molecule has 0 aliphatic carbocycles. The molecule has 1 fully saturated rings. The fraction of sp³-hybridized carbons (Fsp3) is 0.881. The molecule has 0 aromatic carbocycles. The molecule has 0 saturated carbocycles. The average molecular weight is 759 g/mol. The highest BCUT2D eigenvalue weighted by molar-refractivity contribution is 7.47. The van der Waals surface area contributed by atoms with E-state index in [0.29, 0.717) is 29.7 Å². The number of ether oxygens (including phenoxy) is 3. The van der Waals surface area contributed by atoms with Gasteiger partial charge in [0.2, 0.25) is 0 Å². The zero-order valence-corrected chi connectivity index (χ0v) is 35.1. The molecule has 0 radical (unpaired) electrons. The Balaban J connectivity index is 2.26. The van der Waals surface area contributed by atoms with Crippen molar-refractivity contribution in [1.82, 2.24) is 0 Å². The smallest absolute Gasteiger partial charge is 0.472 e. The van der Waals surface area contributed by atoms with Crippen LogP contribution in [0.2, 0.25) is 0 Å². The largest absolute Gasteiger partial charge is 0.492 e. The number of phosphoric ester groups is 1. The van der Waals surface area contributed by atoms with E-state index in [4.69, 9.17) is 23.3 Å². The zero-order chi connectivity index (χ0) is 38.2. The summed E-state index contributed by atoms with van der Waals surface area (Å²) in [5, 5.41) is 0. The van der Waals surface area contributed by atoms with Gasteiger partial charge >= 0.3 is 13.8 Å². The molecule has 10 heteroatoms. The summed E-state index contributed by atoms with van der Waals surface area (Å²) < 4.78 is 40.5. The monoisotopic (exact) mass is 759 g/mol. The first-order valence-electron chi connectivity index (χ1n) is 21.2. The minimum atomic E-state index is -4.27. The molecule has 3 unspecified atom stereocenters. The second-order valence-electron chi connectivity index (χ2n) is 15.8. The predicted octanol–water partition coefficient (Wildman–Crippen LogP) is 11.4. The maximum absolute atomic E-state index is 12.5. The summed E-state index contributed by atoms with van der Waals surface area (Å²) in [4.78, 5) is 22.7. The van der Waals surface area contributed by atoms with Crippen LogP contribution in [0, 0.1) is 0 Å². The van der Waals surface area contributed by atoms with E-state index in [0.717, 1.165) is 57.8 Å². The number of unbranched alkanes of at least 4 members (excludes halogenated alkanes) is 19. The molecule has 0 aromatic rings. The van der Waals surface area contributed by atoms with Gasteiger partial charge in [-0.15, -0.1) is 0 Å². The van der Waals surface area contributed by atoms with Gasteiger partial charge in [-0.1, -0.05) is 135 Å². The fourth-order valence-electron chi connectivity index (χ4n) is 6.01. The van der Waals surface area contributed by atoms with E-state index >= 15 is 0 Å². The van der Waals surface area contributed by atoms with E-state index in [1.807, 2.05) is 27.2 Å². The number of nitrogens with zero attached hydrogens (tertiary/aromatic N) is 1. The van der Waals surface area contributed by atoms with Gasteiger partial charge in [-0.2, -0.15) is 0 Å². The van der Waals surface area contributed by atoms with Gasteiger partial charge in [-0.25, -0.2) is 4.57 Å². The molecule has 1 N–H and O–H groups in total. The van der Waals surface area contributed by atoms with Crippen LogP contribution in [0.5, 0.6) is 0 Å². The minimum Gasteiger partial charge on any atom is -0.492 e. The van der Waals surface area contributed by atoms with Crippen molar-refractivity contribution in [3.63, 3.8) is 0 Å². The molecule has 1 saturated heterocycles. The summed E-state index contributed by atoms with van der Waals surface area (Å²) in [7, 11) is 1.66. The van der Waals surface area contributed by atoms with Crippen molar-refractivity contribution in [3.05, 3.63) is 24.5 Å². The molecule has 0 aromatic heterocycles. The SMILES string of the molecule is CCCCC/C=C\CC1OC1CCCCCCCC(=O)OC[C@H](COP(=O)(O)OCC[N+](C)(C)C)O/C=C/CCCCCCCCCCCCCC. The van der Waals surface area contributed by atoms with Crippen LogP contribution in [-0.4, -0.2) is 81.2 Å². The lowest BCUT2D eigenvalue weighted by Gasteiger charge is -2.24. The van der Waals surface area contributed by atoms with Gasteiger partial charge in [0.05, 0.1) is 46.2 Å². The van der Waals surface area contributed by atoms with Crippen molar-refractivity contribution in [3.8, 4) is 0 Å². The zero-order valence-electron chi connectivity index (χ0n) is 34.2. The first kappa shape index (κ1) is 48.8. The van der Waals surface area contributed by atoms with Crippen LogP contribution >= 0.6 is 7.82 Å². The molecule has 306 valence electrons. The lowest BCUT2D eigenvalue weighted by Crippen LogP contribution is -2.37. The second-order valence-corrected chi connectivity index (χ2v) is 17.3. The van der Waals surface area contributed by atoms with Gasteiger partial charge in [0.1, 0.15) is 19.8 Å². The summed E-state index contributed by atoms with van der Waals surface area (Å²) in [6, 6.07) is 0. The summed E-state index contributed by atoms with van der Waals surface area (Å²) in [6.45, 7) is 4.85. The van der Waals surface area contributed by atoms with Crippen molar-refractivity contribution in [1.29, 1.82) is 0 Å². The molecule has 0 spiro atoms. The second kappa shape index (κ2) is 32.1. The predicted molar refractivity (Wildman–Crippen MR) is 214 cm³/mol. The van der Waals surface area contributed by atoms with Gasteiger partial charge in [0.15, 0.2) is 6.10 Å². The lowest BCUT2D eigenvalue weighted by molar-refractivity contribution is -0.870. The highest BCUT2D eigenvalue weighted by Gasteiger charge is 2.36. The number of likely N-dealkylation sites (N-methyl/N-ethyl adjacent to an activating group) is 1. The van der Waals surface area contributed by atoms with Crippen LogP contribution < -0.4 is 0 Å². The van der Waals surface area contributed by atoms with Crippen LogP contribution in [0.4, 0.5) is 0 Å². The number of carbonyl (C=O) groups excluding carboxylic acids is 1. The van der Waals surface area contributed by atoms with E-state index in [9.17, 15) is 14.3 Å². The van der Waals surface area contributed by atoms with Crippen LogP contribution in [-0.2, 0) is 32.6 Å². The maximum Gasteiger partial charge on any atom is 0.472 e. The normalized spacial score (nSPS) is 17.9. The summed E-state index contributed by atoms with van der Waals surface area (Å²) in [5.41, 5.74) is 0. The van der Waals surface area contributed by atoms with Gasteiger partial charge in [-0.05, 0) is 51.0 Å². The Morgan fingerprint density at radius 3 is 1.92 bits per heavy atom. The molecule has 0 bridgehead atoms. The maximum atomic E-state index is 12.5. The van der Waals surface area contributed by atoms with Crippen molar-refractivity contribution < 1.29 is 42.0 Å². The standard InChI is InChI=1S/C42H80NO8P/c1-6-8-10-12-14-15-16-17-18-19-20-21-26-30-35-47-39(38-50-52(45,46)49-36-34-43(3,4)5)37-48-42(44)33-29-25-22-24-28-32-41-40(51-41)31-27-23-13-11-9-7-2/h23,27,30,35,39-41H,6-22,24-26,28-29,31-34,36-38H2,1-5H3/p+1/b27-23-,35-30+/t39-,40?,41?/m1/s1. The number of hydrogen-bond donors (Lipinski definition) is 1. The number of rotatable bonds is 38. The molecule has 1 rings (SSSR count). The number of carbonyl (C=O) groups is 1. The third kappa shape index (κ3) is 32.2. The van der Waals surface area contributed by atoms with Gasteiger partial charge in [0.25, 0.3) is 0 Å². The average Bonchev–Trinajstić information content (AvgIpc) is 3.85. The van der Waals surface area contributed by atoms with Crippen molar-refractivity contribution >= 4 is 13.8 Å². The highest BCUT2D eigenvalue weighted by atomic mass is 31.2. The Labute approximate surface area is 319 Å². The molecule has 9 nitrogen and oxygen atoms in total. The van der Waals surface area contributed by atoms with Crippen LogP contribution in [0.25, 0.3) is 0 Å². The Bertz CT molecular complexity index is 953. The molecule has 52 heavy (non-hydrogen) atoms. The van der Waals surface area contributed by atoms with Crippen molar-refractivity contribution in [2.45, 2.75) is 193 Å². The van der Waals surface area contributed by atoms with E-state index in [-0.39, 0.29) is 25.8 Å². The number of epoxide rings is 1. The summed E-state index contributed by atoms with van der Waals surface area (Å²) in [6.07, 6.45) is 37.5. The fourth-order valence-corrected chi connectivity index (χ4v) is 6.75. The van der Waals surface area contributed by atoms with Gasteiger partial charge in [0, 0.05) is 6.42 Å². The first-order chi connectivity index (χ1) is 25.1. The topological polar surface area (TPSA) is 104 Å². The first-order valence-corrected chi connectivity index (χ1v) is 22.7. The van der Waals surface area contributed by atoms with Gasteiger partial charge in [-0.3, -0.25) is 13.8 Å². The van der Waals surface area contributed by atoms with E-state index in [2.05, 4.69) is 26.0 Å². The third-order valence-corrected chi connectivity index (χ3v) is 10.5.